The molecule has 112 valence electrons. The first-order chi connectivity index (χ1) is 10.0. The predicted octanol–water partition coefficient (Wildman–Crippen LogP) is 3.68. The summed E-state index contributed by atoms with van der Waals surface area (Å²) in [6, 6.07) is 9.62. The highest BCUT2D eigenvalue weighted by atomic mass is 16.5. The van der Waals surface area contributed by atoms with Gasteiger partial charge in [-0.2, -0.15) is 0 Å². The predicted molar refractivity (Wildman–Crippen MR) is 84.8 cm³/mol. The summed E-state index contributed by atoms with van der Waals surface area (Å²) in [5.41, 5.74) is 9.75. The number of methoxy groups -OCH3 is 1. The molecule has 4 nitrogen and oxygen atoms in total. The molecular formula is C17H22N2O2. The van der Waals surface area contributed by atoms with Crippen LogP contribution in [0.15, 0.2) is 30.3 Å². The number of aryl methyl sites for hydroxylation is 1. The van der Waals surface area contributed by atoms with Crippen molar-refractivity contribution in [3.63, 3.8) is 0 Å². The van der Waals surface area contributed by atoms with Gasteiger partial charge >= 0.3 is 0 Å². The van der Waals surface area contributed by atoms with Gasteiger partial charge in [0.15, 0.2) is 0 Å². The van der Waals surface area contributed by atoms with Crippen LogP contribution in [0, 0.1) is 6.92 Å². The van der Waals surface area contributed by atoms with Gasteiger partial charge < -0.3 is 15.2 Å². The summed E-state index contributed by atoms with van der Waals surface area (Å²) in [5, 5.41) is 0. The smallest absolute Gasteiger partial charge is 0.213 e. The number of rotatable bonds is 5. The fraction of sp³-hybridized carbons (Fsp3) is 0.353. The van der Waals surface area contributed by atoms with E-state index in [0.29, 0.717) is 18.4 Å². The van der Waals surface area contributed by atoms with Gasteiger partial charge in [0.1, 0.15) is 12.4 Å². The Labute approximate surface area is 125 Å². The highest BCUT2D eigenvalue weighted by molar-refractivity contribution is 5.55. The summed E-state index contributed by atoms with van der Waals surface area (Å²) in [6.45, 7) is 6.64. The molecule has 1 aromatic heterocycles. The number of hydrogen-bond acceptors (Lipinski definition) is 4. The lowest BCUT2D eigenvalue weighted by Crippen LogP contribution is -2.04. The molecule has 0 aliphatic heterocycles. The van der Waals surface area contributed by atoms with Crippen LogP contribution < -0.4 is 15.2 Å². The number of nitrogens with zero attached hydrogens (tertiary/aromatic N) is 1. The Morgan fingerprint density at radius 2 is 2.00 bits per heavy atom. The Balaban J connectivity index is 2.20. The second kappa shape index (κ2) is 6.48. The lowest BCUT2D eigenvalue weighted by atomic mass is 9.99. The Hall–Kier alpha value is -2.23. The molecule has 0 atom stereocenters. The highest BCUT2D eigenvalue weighted by Crippen LogP contribution is 2.31. The summed E-state index contributed by atoms with van der Waals surface area (Å²) in [4.78, 5) is 4.35. The third-order valence-corrected chi connectivity index (χ3v) is 3.39. The maximum Gasteiger partial charge on any atom is 0.213 e. The standard InChI is InChI=1S/C17H22N2O2/c1-11(2)14-9-15(18)12(3)8-16(14)21-10-13-6-5-7-17(19-13)20-4/h5-9,11H,10,18H2,1-4H3. The van der Waals surface area contributed by atoms with Gasteiger partial charge in [-0.25, -0.2) is 4.98 Å². The maximum absolute atomic E-state index is 5.99. The summed E-state index contributed by atoms with van der Waals surface area (Å²) in [5.74, 6) is 1.80. The topological polar surface area (TPSA) is 57.4 Å². The minimum absolute atomic E-state index is 0.348. The van der Waals surface area contributed by atoms with Gasteiger partial charge in [-0.05, 0) is 42.2 Å². The first kappa shape index (κ1) is 15.2. The minimum atomic E-state index is 0.348. The van der Waals surface area contributed by atoms with Crippen molar-refractivity contribution in [1.82, 2.24) is 4.98 Å². The Morgan fingerprint density at radius 1 is 1.24 bits per heavy atom. The molecule has 4 heteroatoms. The van der Waals surface area contributed by atoms with Gasteiger partial charge in [0.2, 0.25) is 5.88 Å². The quantitative estimate of drug-likeness (QED) is 0.852. The van der Waals surface area contributed by atoms with Crippen molar-refractivity contribution in [2.45, 2.75) is 33.3 Å². The van der Waals surface area contributed by atoms with Crippen LogP contribution in [-0.4, -0.2) is 12.1 Å². The number of hydrogen-bond donors (Lipinski definition) is 1. The Kier molecular flexibility index (Phi) is 4.68. The van der Waals surface area contributed by atoms with Crippen molar-refractivity contribution in [3.8, 4) is 11.6 Å². The van der Waals surface area contributed by atoms with Crippen molar-refractivity contribution in [3.05, 3.63) is 47.2 Å². The van der Waals surface area contributed by atoms with Gasteiger partial charge in [-0.15, -0.1) is 0 Å². The van der Waals surface area contributed by atoms with Crippen LogP contribution in [0.1, 0.15) is 36.6 Å². The second-order valence-corrected chi connectivity index (χ2v) is 5.36. The molecule has 0 amide bonds. The van der Waals surface area contributed by atoms with Crippen LogP contribution >= 0.6 is 0 Å². The van der Waals surface area contributed by atoms with Crippen LogP contribution in [0.4, 0.5) is 5.69 Å². The van der Waals surface area contributed by atoms with E-state index >= 15 is 0 Å². The van der Waals surface area contributed by atoms with E-state index < -0.39 is 0 Å². The lowest BCUT2D eigenvalue weighted by Gasteiger charge is -2.16. The van der Waals surface area contributed by atoms with Crippen molar-refractivity contribution < 1.29 is 9.47 Å². The largest absolute Gasteiger partial charge is 0.487 e. The van der Waals surface area contributed by atoms with E-state index in [9.17, 15) is 0 Å². The fourth-order valence-corrected chi connectivity index (χ4v) is 2.10. The monoisotopic (exact) mass is 286 g/mol. The lowest BCUT2D eigenvalue weighted by molar-refractivity contribution is 0.294. The zero-order chi connectivity index (χ0) is 15.4. The zero-order valence-electron chi connectivity index (χ0n) is 13.0. The highest BCUT2D eigenvalue weighted by Gasteiger charge is 2.11. The van der Waals surface area contributed by atoms with Crippen LogP contribution in [0.25, 0.3) is 0 Å². The van der Waals surface area contributed by atoms with Crippen LogP contribution in [0.2, 0.25) is 0 Å². The van der Waals surface area contributed by atoms with E-state index in [1.165, 1.54) is 0 Å². The Morgan fingerprint density at radius 3 is 2.67 bits per heavy atom. The third-order valence-electron chi connectivity index (χ3n) is 3.39. The Bertz CT molecular complexity index is 624. The van der Waals surface area contributed by atoms with Crippen LogP contribution in [-0.2, 0) is 6.61 Å². The molecule has 2 N–H and O–H groups in total. The molecule has 0 aliphatic rings. The molecule has 0 saturated heterocycles. The summed E-state index contributed by atoms with van der Waals surface area (Å²) < 4.78 is 11.1. The molecule has 0 fully saturated rings. The SMILES string of the molecule is COc1cccc(COc2cc(C)c(N)cc2C(C)C)n1. The van der Waals surface area contributed by atoms with Gasteiger partial charge in [0.25, 0.3) is 0 Å². The van der Waals surface area contributed by atoms with Gasteiger partial charge in [-0.1, -0.05) is 19.9 Å². The number of nitrogen functional groups attached to an aromatic ring is 1. The number of nitrogens with two attached hydrogens (primary N) is 1. The first-order valence-electron chi connectivity index (χ1n) is 7.04. The average Bonchev–Trinajstić information content (AvgIpc) is 2.48. The second-order valence-electron chi connectivity index (χ2n) is 5.36. The van der Waals surface area contributed by atoms with Crippen molar-refractivity contribution >= 4 is 5.69 Å². The summed E-state index contributed by atoms with van der Waals surface area (Å²) in [6.07, 6.45) is 0. The number of aromatic nitrogens is 1. The number of anilines is 1. The van der Waals surface area contributed by atoms with Crippen molar-refractivity contribution in [2.75, 3.05) is 12.8 Å². The van der Waals surface area contributed by atoms with Gasteiger partial charge in [0.05, 0.1) is 12.8 Å². The van der Waals surface area contributed by atoms with E-state index in [2.05, 4.69) is 18.8 Å². The first-order valence-corrected chi connectivity index (χ1v) is 7.04. The van der Waals surface area contributed by atoms with Crippen molar-refractivity contribution in [2.24, 2.45) is 0 Å². The molecule has 0 saturated carbocycles. The molecule has 1 heterocycles. The molecule has 2 rings (SSSR count). The van der Waals surface area contributed by atoms with Crippen LogP contribution in [0.5, 0.6) is 11.6 Å². The fourth-order valence-electron chi connectivity index (χ4n) is 2.10. The molecule has 0 bridgehead atoms. The molecule has 0 spiro atoms. The summed E-state index contributed by atoms with van der Waals surface area (Å²) >= 11 is 0. The van der Waals surface area contributed by atoms with Crippen LogP contribution in [0.3, 0.4) is 0 Å². The van der Waals surface area contributed by atoms with E-state index in [0.717, 1.165) is 28.3 Å². The molecule has 0 radical (unpaired) electrons. The van der Waals surface area contributed by atoms with Crippen molar-refractivity contribution in [1.29, 1.82) is 0 Å². The number of ether oxygens (including phenoxy) is 2. The minimum Gasteiger partial charge on any atom is -0.487 e. The molecular weight excluding hydrogens is 264 g/mol. The average molecular weight is 286 g/mol. The molecule has 1 aromatic carbocycles. The van der Waals surface area contributed by atoms with E-state index in [-0.39, 0.29) is 0 Å². The number of pyridine rings is 1. The molecule has 0 aliphatic carbocycles. The summed E-state index contributed by atoms with van der Waals surface area (Å²) in [7, 11) is 1.60. The number of benzene rings is 1. The van der Waals surface area contributed by atoms with Gasteiger partial charge in [0, 0.05) is 11.8 Å². The zero-order valence-corrected chi connectivity index (χ0v) is 13.0. The maximum atomic E-state index is 5.99. The van der Waals surface area contributed by atoms with E-state index in [1.807, 2.05) is 37.3 Å². The van der Waals surface area contributed by atoms with E-state index in [1.54, 1.807) is 7.11 Å². The molecule has 2 aromatic rings. The third kappa shape index (κ3) is 3.66. The van der Waals surface area contributed by atoms with Gasteiger partial charge in [-0.3, -0.25) is 0 Å². The van der Waals surface area contributed by atoms with E-state index in [4.69, 9.17) is 15.2 Å². The normalized spacial score (nSPS) is 10.7. The molecule has 0 unspecified atom stereocenters. The molecule has 21 heavy (non-hydrogen) atoms.